The number of imide groups is 1. The summed E-state index contributed by atoms with van der Waals surface area (Å²) in [6.45, 7) is 0. The Hall–Kier alpha value is -2.48. The third-order valence-electron chi connectivity index (χ3n) is 4.72. The number of halogens is 4. The van der Waals surface area contributed by atoms with Crippen molar-refractivity contribution in [2.45, 2.75) is 25.3 Å². The Morgan fingerprint density at radius 2 is 1.55 bits per heavy atom. The highest BCUT2D eigenvalue weighted by atomic mass is 35.5. The Morgan fingerprint density at radius 3 is 2.10 bits per heavy atom. The van der Waals surface area contributed by atoms with Gasteiger partial charge in [-0.05, 0) is 48.9 Å². The number of hydrazine groups is 1. The van der Waals surface area contributed by atoms with Crippen LogP contribution in [0.25, 0.3) is 0 Å². The fourth-order valence-corrected chi connectivity index (χ4v) is 3.72. The number of hydrogen-bond acceptors (Lipinski definition) is 4. The molecule has 0 radical (unpaired) electrons. The van der Waals surface area contributed by atoms with Crippen molar-refractivity contribution >= 4 is 58.3 Å². The number of hydrogen-bond donors (Lipinski definition) is 0. The second-order valence-electron chi connectivity index (χ2n) is 6.74. The Bertz CT molecular complexity index is 1030. The van der Waals surface area contributed by atoms with Gasteiger partial charge in [0.2, 0.25) is 11.8 Å². The van der Waals surface area contributed by atoms with Crippen LogP contribution in [0.5, 0.6) is 0 Å². The number of Topliss-reactive ketones (excluding diaryl/α,β-unsaturated/α-hetero) is 1. The Kier molecular flexibility index (Phi) is 7.30. The second kappa shape index (κ2) is 9.77. The number of benzene rings is 2. The first-order valence-electron chi connectivity index (χ1n) is 9.24. The lowest BCUT2D eigenvalue weighted by atomic mass is 10.0. The highest BCUT2D eigenvalue weighted by Crippen LogP contribution is 2.27. The van der Waals surface area contributed by atoms with Crippen molar-refractivity contribution in [3.8, 4) is 0 Å². The summed E-state index contributed by atoms with van der Waals surface area (Å²) in [4.78, 5) is 51.6. The molecular formula is C21H16Cl3FN2O4. The van der Waals surface area contributed by atoms with Gasteiger partial charge >= 0.3 is 0 Å². The molecule has 3 rings (SSSR count). The van der Waals surface area contributed by atoms with E-state index in [0.29, 0.717) is 5.01 Å². The quantitative estimate of drug-likeness (QED) is 0.328. The Labute approximate surface area is 192 Å². The number of carbonyl (C=O) groups is 4. The van der Waals surface area contributed by atoms with Crippen LogP contribution in [0.1, 0.15) is 40.0 Å². The summed E-state index contributed by atoms with van der Waals surface area (Å²) in [5.74, 6) is -3.22. The molecule has 3 amide bonds. The number of ketones is 1. The summed E-state index contributed by atoms with van der Waals surface area (Å²) in [5.41, 5.74) is 0.121. The maximum absolute atomic E-state index is 13.4. The minimum atomic E-state index is -1.28. The van der Waals surface area contributed by atoms with E-state index in [0.717, 1.165) is 17.1 Å². The van der Waals surface area contributed by atoms with E-state index in [1.54, 1.807) is 0 Å². The molecule has 162 valence electrons. The number of carbonyl (C=O) groups excluding carboxylic acids is 4. The van der Waals surface area contributed by atoms with E-state index >= 15 is 0 Å². The zero-order valence-corrected chi connectivity index (χ0v) is 18.3. The summed E-state index contributed by atoms with van der Waals surface area (Å²) in [6, 6.07) is 7.48. The molecule has 1 aliphatic rings. The lowest BCUT2D eigenvalue weighted by Crippen LogP contribution is -2.57. The second-order valence-corrected chi connectivity index (χ2v) is 7.93. The normalized spacial score (nSPS) is 14.6. The maximum Gasteiger partial charge on any atom is 0.273 e. The van der Waals surface area contributed by atoms with Crippen LogP contribution < -0.4 is 0 Å². The third-order valence-corrected chi connectivity index (χ3v) is 5.68. The van der Waals surface area contributed by atoms with Crippen LogP contribution in [0.4, 0.5) is 4.39 Å². The smallest absolute Gasteiger partial charge is 0.273 e. The van der Waals surface area contributed by atoms with Crippen molar-refractivity contribution in [2.75, 3.05) is 5.88 Å². The van der Waals surface area contributed by atoms with Crippen LogP contribution in [0.15, 0.2) is 42.5 Å². The van der Waals surface area contributed by atoms with Gasteiger partial charge in [-0.15, -0.1) is 11.6 Å². The van der Waals surface area contributed by atoms with E-state index in [4.69, 9.17) is 34.8 Å². The van der Waals surface area contributed by atoms with Gasteiger partial charge in [0.15, 0.2) is 5.78 Å². The molecule has 6 nitrogen and oxygen atoms in total. The Morgan fingerprint density at radius 1 is 0.968 bits per heavy atom. The van der Waals surface area contributed by atoms with E-state index in [1.165, 1.54) is 30.3 Å². The van der Waals surface area contributed by atoms with Crippen LogP contribution in [0.2, 0.25) is 10.0 Å². The molecule has 0 aromatic heterocycles. The standard InChI is InChI=1S/C21H16Cl3FN2O4/c22-10-9-17(20(30)12-1-4-14(25)5-2-12)26(27-18(28)7-8-19(27)29)21(31)13-3-6-15(23)16(24)11-13/h1-6,11,17H,7-10H2/t17-/m0/s1. The molecule has 1 fully saturated rings. The molecule has 0 unspecified atom stereocenters. The van der Waals surface area contributed by atoms with Crippen LogP contribution in [-0.4, -0.2) is 45.4 Å². The van der Waals surface area contributed by atoms with Crippen LogP contribution >= 0.6 is 34.8 Å². The fourth-order valence-electron chi connectivity index (χ4n) is 3.21. The lowest BCUT2D eigenvalue weighted by Gasteiger charge is -2.36. The van der Waals surface area contributed by atoms with Crippen LogP contribution in [0, 0.1) is 5.82 Å². The summed E-state index contributed by atoms with van der Waals surface area (Å²) < 4.78 is 13.3. The largest absolute Gasteiger partial charge is 0.292 e. The first-order chi connectivity index (χ1) is 14.7. The summed E-state index contributed by atoms with van der Waals surface area (Å²) >= 11 is 17.8. The molecule has 2 aromatic rings. The van der Waals surface area contributed by atoms with Crippen molar-refractivity contribution in [2.24, 2.45) is 0 Å². The average Bonchev–Trinajstić information content (AvgIpc) is 3.08. The van der Waals surface area contributed by atoms with Gasteiger partial charge in [0, 0.05) is 29.8 Å². The van der Waals surface area contributed by atoms with Gasteiger partial charge in [0.1, 0.15) is 11.9 Å². The van der Waals surface area contributed by atoms with E-state index in [2.05, 4.69) is 0 Å². The van der Waals surface area contributed by atoms with E-state index in [9.17, 15) is 23.6 Å². The van der Waals surface area contributed by atoms with Gasteiger partial charge in [0.25, 0.3) is 5.91 Å². The van der Waals surface area contributed by atoms with Crippen LogP contribution in [0.3, 0.4) is 0 Å². The molecule has 1 saturated heterocycles. The van der Waals surface area contributed by atoms with Gasteiger partial charge in [-0.1, -0.05) is 23.2 Å². The molecule has 0 bridgehead atoms. The average molecular weight is 486 g/mol. The van der Waals surface area contributed by atoms with Gasteiger partial charge in [-0.3, -0.25) is 19.2 Å². The van der Waals surface area contributed by atoms with E-state index in [-0.39, 0.29) is 46.3 Å². The molecule has 0 saturated carbocycles. The zero-order chi connectivity index (χ0) is 22.7. The SMILES string of the molecule is O=C(c1ccc(F)cc1)[C@H](CCCl)N(C(=O)c1ccc(Cl)c(Cl)c1)N1C(=O)CCC1=O. The number of rotatable bonds is 7. The highest BCUT2D eigenvalue weighted by molar-refractivity contribution is 6.42. The summed E-state index contributed by atoms with van der Waals surface area (Å²) in [5, 5.41) is 1.80. The van der Waals surface area contributed by atoms with Crippen LogP contribution in [-0.2, 0) is 9.59 Å². The van der Waals surface area contributed by atoms with Gasteiger partial charge in [0.05, 0.1) is 10.0 Å². The molecule has 0 N–H and O–H groups in total. The fraction of sp³-hybridized carbons (Fsp3) is 0.238. The Balaban J connectivity index is 2.09. The number of alkyl halides is 1. The number of nitrogens with zero attached hydrogens (tertiary/aromatic N) is 2. The van der Waals surface area contributed by atoms with Crippen molar-refractivity contribution in [1.29, 1.82) is 0 Å². The molecule has 1 heterocycles. The third kappa shape index (κ3) is 4.89. The molecule has 10 heteroatoms. The summed E-state index contributed by atoms with van der Waals surface area (Å²) in [7, 11) is 0. The summed E-state index contributed by atoms with van der Waals surface area (Å²) in [6.07, 6.45) is -0.244. The minimum absolute atomic E-state index is 0.0216. The molecular weight excluding hydrogens is 470 g/mol. The van der Waals surface area contributed by atoms with Crippen molar-refractivity contribution in [3.63, 3.8) is 0 Å². The zero-order valence-electron chi connectivity index (χ0n) is 16.0. The van der Waals surface area contributed by atoms with Gasteiger partial charge in [-0.25, -0.2) is 9.40 Å². The topological polar surface area (TPSA) is 74.8 Å². The minimum Gasteiger partial charge on any atom is -0.292 e. The van der Waals surface area contributed by atoms with Crippen molar-refractivity contribution in [1.82, 2.24) is 10.0 Å². The van der Waals surface area contributed by atoms with Gasteiger partial charge in [-0.2, -0.15) is 5.01 Å². The molecule has 0 aliphatic carbocycles. The van der Waals surface area contributed by atoms with E-state index in [1.807, 2.05) is 0 Å². The lowest BCUT2D eigenvalue weighted by molar-refractivity contribution is -0.154. The molecule has 2 aromatic carbocycles. The first kappa shape index (κ1) is 23.2. The molecule has 1 aliphatic heterocycles. The van der Waals surface area contributed by atoms with Crippen molar-refractivity contribution < 1.29 is 23.6 Å². The van der Waals surface area contributed by atoms with Crippen molar-refractivity contribution in [3.05, 3.63) is 69.5 Å². The first-order valence-corrected chi connectivity index (χ1v) is 10.5. The maximum atomic E-state index is 13.4. The molecule has 31 heavy (non-hydrogen) atoms. The van der Waals surface area contributed by atoms with Gasteiger partial charge < -0.3 is 0 Å². The number of amides is 3. The molecule has 1 atom stereocenters. The monoisotopic (exact) mass is 484 g/mol. The van der Waals surface area contributed by atoms with E-state index < -0.39 is 35.4 Å². The predicted molar refractivity (Wildman–Crippen MR) is 114 cm³/mol. The highest BCUT2D eigenvalue weighted by Gasteiger charge is 2.43. The molecule has 0 spiro atoms. The predicted octanol–water partition coefficient (Wildman–Crippen LogP) is 4.52.